The molecule has 1 unspecified atom stereocenters. The van der Waals surface area contributed by atoms with Crippen molar-refractivity contribution in [3.05, 3.63) is 41.5 Å². The molecular formula is C16H20O4. The molecule has 0 heterocycles. The van der Waals surface area contributed by atoms with Gasteiger partial charge in [0.1, 0.15) is 5.75 Å². The van der Waals surface area contributed by atoms with E-state index in [0.717, 1.165) is 25.0 Å². The van der Waals surface area contributed by atoms with Gasteiger partial charge in [0.05, 0.1) is 13.7 Å². The van der Waals surface area contributed by atoms with Crippen molar-refractivity contribution >= 4 is 5.97 Å². The van der Waals surface area contributed by atoms with Gasteiger partial charge in [-0.3, -0.25) is 0 Å². The van der Waals surface area contributed by atoms with E-state index in [2.05, 4.69) is 16.9 Å². The first-order chi connectivity index (χ1) is 9.74. The summed E-state index contributed by atoms with van der Waals surface area (Å²) in [4.78, 5) is 11.1. The molecule has 0 saturated carbocycles. The smallest absolute Gasteiger partial charge is 0.343 e. The van der Waals surface area contributed by atoms with Gasteiger partial charge < -0.3 is 14.6 Å². The minimum absolute atomic E-state index is 0.0548. The summed E-state index contributed by atoms with van der Waals surface area (Å²) >= 11 is 0. The van der Waals surface area contributed by atoms with E-state index in [4.69, 9.17) is 9.84 Å². The van der Waals surface area contributed by atoms with Gasteiger partial charge in [-0.05, 0) is 42.4 Å². The number of carbonyl (C=O) groups is 1. The van der Waals surface area contributed by atoms with Gasteiger partial charge in [0.25, 0.3) is 0 Å². The Balaban J connectivity index is 2.08. The lowest BCUT2D eigenvalue weighted by Crippen LogP contribution is -2.17. The van der Waals surface area contributed by atoms with E-state index in [9.17, 15) is 4.79 Å². The lowest BCUT2D eigenvalue weighted by atomic mass is 9.83. The standard InChI is InChI=1S/C16H20O4/c1-19-16(18)11-20-15-6-2-5-13-10-12(4-3-9-17)7-8-14(13)15/h2-6,12,17H,7-11H2,1H3. The molecule has 1 aliphatic carbocycles. The summed E-state index contributed by atoms with van der Waals surface area (Å²) in [7, 11) is 1.35. The summed E-state index contributed by atoms with van der Waals surface area (Å²) in [5.74, 6) is 0.866. The molecule has 4 heteroatoms. The van der Waals surface area contributed by atoms with Crippen LogP contribution in [0.2, 0.25) is 0 Å². The number of hydrogen-bond donors (Lipinski definition) is 1. The number of allylic oxidation sites excluding steroid dienone is 1. The SMILES string of the molecule is COC(=O)COc1cccc2c1CCC(C=CCO)C2. The largest absolute Gasteiger partial charge is 0.482 e. The van der Waals surface area contributed by atoms with Crippen LogP contribution in [0.15, 0.2) is 30.4 Å². The zero-order valence-corrected chi connectivity index (χ0v) is 11.7. The number of esters is 1. The first-order valence-electron chi connectivity index (χ1n) is 6.82. The van der Waals surface area contributed by atoms with Crippen LogP contribution in [0.4, 0.5) is 0 Å². The predicted octanol–water partition coefficient (Wildman–Crippen LogP) is 1.89. The van der Waals surface area contributed by atoms with Crippen LogP contribution in [0.25, 0.3) is 0 Å². The zero-order valence-electron chi connectivity index (χ0n) is 11.7. The summed E-state index contributed by atoms with van der Waals surface area (Å²) in [5.41, 5.74) is 2.44. The second-order valence-corrected chi connectivity index (χ2v) is 4.87. The van der Waals surface area contributed by atoms with Crippen molar-refractivity contribution < 1.29 is 19.4 Å². The molecule has 1 atom stereocenters. The Kier molecular flexibility index (Phi) is 5.18. The number of benzene rings is 1. The lowest BCUT2D eigenvalue weighted by Gasteiger charge is -2.24. The van der Waals surface area contributed by atoms with Crippen LogP contribution in [-0.4, -0.2) is 31.4 Å². The Bertz CT molecular complexity index is 493. The minimum Gasteiger partial charge on any atom is -0.482 e. The summed E-state index contributed by atoms with van der Waals surface area (Å²) in [6.45, 7) is 0.0342. The van der Waals surface area contributed by atoms with Crippen molar-refractivity contribution in [2.75, 3.05) is 20.3 Å². The molecule has 1 N–H and O–H groups in total. The fraction of sp³-hybridized carbons (Fsp3) is 0.438. The maximum Gasteiger partial charge on any atom is 0.343 e. The fourth-order valence-corrected chi connectivity index (χ4v) is 2.55. The molecule has 0 spiro atoms. The van der Waals surface area contributed by atoms with Gasteiger partial charge in [0, 0.05) is 0 Å². The van der Waals surface area contributed by atoms with E-state index in [-0.39, 0.29) is 19.2 Å². The summed E-state index contributed by atoms with van der Waals surface area (Å²) in [5, 5.41) is 8.83. The van der Waals surface area contributed by atoms with Crippen LogP contribution in [-0.2, 0) is 22.4 Å². The Morgan fingerprint density at radius 3 is 3.10 bits per heavy atom. The topological polar surface area (TPSA) is 55.8 Å². The number of aliphatic hydroxyl groups is 1. The number of fused-ring (bicyclic) bond motifs is 1. The molecule has 20 heavy (non-hydrogen) atoms. The third kappa shape index (κ3) is 3.61. The van der Waals surface area contributed by atoms with Crippen molar-refractivity contribution in [2.24, 2.45) is 5.92 Å². The minimum atomic E-state index is -0.373. The summed E-state index contributed by atoms with van der Waals surface area (Å²) in [6, 6.07) is 5.94. The van der Waals surface area contributed by atoms with Crippen LogP contribution in [0.1, 0.15) is 17.5 Å². The fourth-order valence-electron chi connectivity index (χ4n) is 2.55. The molecule has 4 nitrogen and oxygen atoms in total. The highest BCUT2D eigenvalue weighted by Crippen LogP contribution is 2.32. The maximum absolute atomic E-state index is 11.1. The molecule has 0 radical (unpaired) electrons. The predicted molar refractivity (Wildman–Crippen MR) is 75.7 cm³/mol. The number of carbonyl (C=O) groups excluding carboxylic acids is 1. The molecular weight excluding hydrogens is 256 g/mol. The highest BCUT2D eigenvalue weighted by atomic mass is 16.6. The second-order valence-electron chi connectivity index (χ2n) is 4.87. The molecule has 0 saturated heterocycles. The van der Waals surface area contributed by atoms with Crippen molar-refractivity contribution in [3.63, 3.8) is 0 Å². The van der Waals surface area contributed by atoms with E-state index in [1.54, 1.807) is 6.08 Å². The maximum atomic E-state index is 11.1. The van der Waals surface area contributed by atoms with Crippen LogP contribution in [0, 0.1) is 5.92 Å². The van der Waals surface area contributed by atoms with E-state index in [0.29, 0.717) is 5.92 Å². The molecule has 0 amide bonds. The molecule has 0 aliphatic heterocycles. The van der Waals surface area contributed by atoms with Crippen molar-refractivity contribution in [2.45, 2.75) is 19.3 Å². The van der Waals surface area contributed by atoms with Crippen LogP contribution >= 0.6 is 0 Å². The molecule has 0 aromatic heterocycles. The Labute approximate surface area is 119 Å². The number of aliphatic hydroxyl groups excluding tert-OH is 1. The normalized spacial score (nSPS) is 17.8. The van der Waals surface area contributed by atoms with Crippen molar-refractivity contribution in [1.82, 2.24) is 0 Å². The van der Waals surface area contributed by atoms with Crippen molar-refractivity contribution in [3.8, 4) is 5.75 Å². The first-order valence-corrected chi connectivity index (χ1v) is 6.82. The Morgan fingerprint density at radius 1 is 1.50 bits per heavy atom. The first kappa shape index (κ1) is 14.6. The van der Waals surface area contributed by atoms with Gasteiger partial charge in [-0.25, -0.2) is 4.79 Å². The quantitative estimate of drug-likeness (QED) is 0.659. The third-order valence-corrected chi connectivity index (χ3v) is 3.56. The lowest BCUT2D eigenvalue weighted by molar-refractivity contribution is -0.142. The molecule has 1 aliphatic rings. The molecule has 0 fully saturated rings. The molecule has 2 rings (SSSR count). The average molecular weight is 276 g/mol. The average Bonchev–Trinajstić information content (AvgIpc) is 2.50. The van der Waals surface area contributed by atoms with Crippen LogP contribution in [0.3, 0.4) is 0 Å². The van der Waals surface area contributed by atoms with Gasteiger partial charge in [0.2, 0.25) is 0 Å². The van der Waals surface area contributed by atoms with E-state index in [1.165, 1.54) is 18.2 Å². The van der Waals surface area contributed by atoms with E-state index in [1.807, 2.05) is 12.1 Å². The summed E-state index contributed by atoms with van der Waals surface area (Å²) < 4.78 is 10.1. The highest BCUT2D eigenvalue weighted by molar-refractivity contribution is 5.71. The number of hydrogen-bond acceptors (Lipinski definition) is 4. The molecule has 108 valence electrons. The second kappa shape index (κ2) is 7.10. The van der Waals surface area contributed by atoms with Gasteiger partial charge >= 0.3 is 5.97 Å². The van der Waals surface area contributed by atoms with Gasteiger partial charge in [-0.1, -0.05) is 24.3 Å². The highest BCUT2D eigenvalue weighted by Gasteiger charge is 2.20. The van der Waals surface area contributed by atoms with Gasteiger partial charge in [-0.2, -0.15) is 0 Å². The molecule has 1 aromatic carbocycles. The van der Waals surface area contributed by atoms with Gasteiger partial charge in [-0.15, -0.1) is 0 Å². The van der Waals surface area contributed by atoms with Crippen LogP contribution < -0.4 is 4.74 Å². The number of ether oxygens (including phenoxy) is 2. The van der Waals surface area contributed by atoms with E-state index >= 15 is 0 Å². The monoisotopic (exact) mass is 276 g/mol. The summed E-state index contributed by atoms with van der Waals surface area (Å²) in [6.07, 6.45) is 6.77. The van der Waals surface area contributed by atoms with Gasteiger partial charge in [0.15, 0.2) is 6.61 Å². The zero-order chi connectivity index (χ0) is 14.4. The number of methoxy groups -OCH3 is 1. The molecule has 1 aromatic rings. The number of rotatable bonds is 5. The Morgan fingerprint density at radius 2 is 2.35 bits per heavy atom. The molecule has 0 bridgehead atoms. The van der Waals surface area contributed by atoms with E-state index < -0.39 is 0 Å². The van der Waals surface area contributed by atoms with Crippen molar-refractivity contribution in [1.29, 1.82) is 0 Å². The van der Waals surface area contributed by atoms with Crippen LogP contribution in [0.5, 0.6) is 5.75 Å². The third-order valence-electron chi connectivity index (χ3n) is 3.56. The Hall–Kier alpha value is -1.81.